The van der Waals surface area contributed by atoms with Gasteiger partial charge in [0.05, 0.1) is 27.8 Å². The molecule has 1 aromatic heterocycles. The SMILES string of the molecule is Cc1cc2sn(C)c3ccccc3n(C(=O)CN3CCN(c4ccccc4)CC3)c2cc1Cl. The number of anilines is 1. The van der Waals surface area contributed by atoms with Gasteiger partial charge in [-0.2, -0.15) is 0 Å². The van der Waals surface area contributed by atoms with Gasteiger partial charge in [0.25, 0.3) is 0 Å². The van der Waals surface area contributed by atoms with Gasteiger partial charge in [-0.1, -0.05) is 53.5 Å². The Labute approximate surface area is 202 Å². The molecule has 0 radical (unpaired) electrons. The highest BCUT2D eigenvalue weighted by atomic mass is 35.5. The van der Waals surface area contributed by atoms with Crippen molar-refractivity contribution in [3.8, 4) is 0 Å². The van der Waals surface area contributed by atoms with Crippen molar-refractivity contribution in [3.63, 3.8) is 0 Å². The van der Waals surface area contributed by atoms with Crippen LogP contribution in [0, 0.1) is 6.92 Å². The standard InChI is InChI=1S/C26H27ClN4OS/c1-19-16-25-24(17-21(19)27)31(23-11-7-6-10-22(23)28(2)33-25)26(32)18-29-12-14-30(15-13-29)20-8-4-3-5-9-20/h3-11,16-17H,12-15,18H2,1-2H3. The molecule has 5 rings (SSSR count). The summed E-state index contributed by atoms with van der Waals surface area (Å²) in [6, 6.07) is 22.5. The molecule has 3 aromatic carbocycles. The predicted octanol–water partition coefficient (Wildman–Crippen LogP) is 5.74. The van der Waals surface area contributed by atoms with Gasteiger partial charge in [0.2, 0.25) is 5.91 Å². The maximum absolute atomic E-state index is 13.8. The smallest absolute Gasteiger partial charge is 0.245 e. The third-order valence-electron chi connectivity index (χ3n) is 6.28. The van der Waals surface area contributed by atoms with E-state index in [-0.39, 0.29) is 5.91 Å². The molecule has 0 unspecified atom stereocenters. The normalized spacial score (nSPS) is 14.7. The van der Waals surface area contributed by atoms with Crippen molar-refractivity contribution in [2.75, 3.05) is 37.6 Å². The summed E-state index contributed by atoms with van der Waals surface area (Å²) in [6.07, 6.45) is 0. The first-order valence-electron chi connectivity index (χ1n) is 11.2. The molecule has 0 N–H and O–H groups in total. The number of piperazine rings is 1. The number of nitrogens with zero attached hydrogens (tertiary/aromatic N) is 4. The number of hydrogen-bond acceptors (Lipinski definition) is 4. The van der Waals surface area contributed by atoms with E-state index in [0.29, 0.717) is 11.6 Å². The van der Waals surface area contributed by atoms with Crippen LogP contribution in [0.25, 0.3) is 21.3 Å². The number of carbonyl (C=O) groups excluding carboxylic acids is 1. The van der Waals surface area contributed by atoms with E-state index in [1.54, 1.807) is 11.5 Å². The molecular formula is C26H27ClN4OS. The Hall–Kier alpha value is -2.80. The number of para-hydroxylation sites is 3. The summed E-state index contributed by atoms with van der Waals surface area (Å²) in [4.78, 5) is 18.4. The molecule has 2 heterocycles. The molecule has 0 saturated carbocycles. The quantitative estimate of drug-likeness (QED) is 0.376. The van der Waals surface area contributed by atoms with E-state index in [2.05, 4.69) is 50.2 Å². The molecule has 0 spiro atoms. The average Bonchev–Trinajstić information content (AvgIpc) is 2.94. The number of benzene rings is 3. The predicted molar refractivity (Wildman–Crippen MR) is 139 cm³/mol. The summed E-state index contributed by atoms with van der Waals surface area (Å²) in [5.74, 6) is 0.0627. The Kier molecular flexibility index (Phi) is 6.15. The molecule has 7 heteroatoms. The van der Waals surface area contributed by atoms with Crippen LogP contribution in [-0.4, -0.2) is 52.1 Å². The topological polar surface area (TPSA) is 33.4 Å². The van der Waals surface area contributed by atoms with Gasteiger partial charge < -0.3 is 4.90 Å². The Morgan fingerprint density at radius 2 is 1.58 bits per heavy atom. The van der Waals surface area contributed by atoms with E-state index in [4.69, 9.17) is 11.6 Å². The summed E-state index contributed by atoms with van der Waals surface area (Å²) in [5, 5.41) is 0.672. The minimum atomic E-state index is 0.0627. The summed E-state index contributed by atoms with van der Waals surface area (Å²) in [6.45, 7) is 5.90. The lowest BCUT2D eigenvalue weighted by Gasteiger charge is -2.35. The Balaban J connectivity index is 1.50. The molecular weight excluding hydrogens is 452 g/mol. The highest BCUT2D eigenvalue weighted by Gasteiger charge is 2.21. The lowest BCUT2D eigenvalue weighted by atomic mass is 10.2. The lowest BCUT2D eigenvalue weighted by Crippen LogP contribution is -2.48. The molecule has 5 nitrogen and oxygen atoms in total. The van der Waals surface area contributed by atoms with Crippen LogP contribution in [0.1, 0.15) is 10.4 Å². The third kappa shape index (κ3) is 4.38. The van der Waals surface area contributed by atoms with Gasteiger partial charge in [0, 0.05) is 43.9 Å². The molecule has 1 saturated heterocycles. The molecule has 1 aliphatic heterocycles. The summed E-state index contributed by atoms with van der Waals surface area (Å²) >= 11 is 8.15. The van der Waals surface area contributed by atoms with Crippen molar-refractivity contribution in [2.45, 2.75) is 6.92 Å². The fourth-order valence-corrected chi connectivity index (χ4v) is 5.65. The highest BCUT2D eigenvalue weighted by molar-refractivity contribution is 7.13. The second-order valence-corrected chi connectivity index (χ2v) is 10.1. The zero-order chi connectivity index (χ0) is 22.9. The number of aryl methyl sites for hydroxylation is 2. The van der Waals surface area contributed by atoms with Gasteiger partial charge in [-0.05, 0) is 48.9 Å². The molecule has 0 bridgehead atoms. The Bertz CT molecular complexity index is 1360. The maximum atomic E-state index is 13.8. The summed E-state index contributed by atoms with van der Waals surface area (Å²) in [7, 11) is 2.04. The van der Waals surface area contributed by atoms with Crippen LogP contribution in [0.4, 0.5) is 5.69 Å². The van der Waals surface area contributed by atoms with Crippen LogP contribution in [0.15, 0.2) is 66.7 Å². The summed E-state index contributed by atoms with van der Waals surface area (Å²) in [5.41, 5.74) is 4.99. The van der Waals surface area contributed by atoms with Crippen LogP contribution >= 0.6 is 23.1 Å². The molecule has 4 aromatic rings. The Morgan fingerprint density at radius 1 is 0.909 bits per heavy atom. The van der Waals surface area contributed by atoms with Crippen LogP contribution in [0.2, 0.25) is 5.02 Å². The van der Waals surface area contributed by atoms with Crippen molar-refractivity contribution in [3.05, 3.63) is 77.3 Å². The van der Waals surface area contributed by atoms with Gasteiger partial charge in [0.1, 0.15) is 0 Å². The van der Waals surface area contributed by atoms with Crippen molar-refractivity contribution in [2.24, 2.45) is 7.05 Å². The molecule has 1 fully saturated rings. The molecule has 0 amide bonds. The second-order valence-electron chi connectivity index (χ2n) is 8.47. The van der Waals surface area contributed by atoms with Crippen molar-refractivity contribution < 1.29 is 4.79 Å². The van der Waals surface area contributed by atoms with Crippen LogP contribution < -0.4 is 4.90 Å². The van der Waals surface area contributed by atoms with Crippen molar-refractivity contribution in [1.82, 2.24) is 13.4 Å². The number of fused-ring (bicyclic) bond motifs is 2. The third-order valence-corrected chi connectivity index (χ3v) is 7.68. The van der Waals surface area contributed by atoms with Gasteiger partial charge in [-0.3, -0.25) is 18.2 Å². The molecule has 1 aliphatic rings. The molecule has 33 heavy (non-hydrogen) atoms. The van der Waals surface area contributed by atoms with Crippen LogP contribution in [-0.2, 0) is 7.05 Å². The number of rotatable bonds is 3. The van der Waals surface area contributed by atoms with Crippen molar-refractivity contribution in [1.29, 1.82) is 0 Å². The largest absolute Gasteiger partial charge is 0.369 e. The molecule has 170 valence electrons. The first-order valence-corrected chi connectivity index (χ1v) is 12.3. The minimum Gasteiger partial charge on any atom is -0.369 e. The van der Waals surface area contributed by atoms with E-state index in [9.17, 15) is 4.79 Å². The van der Waals surface area contributed by atoms with E-state index in [1.807, 2.05) is 48.9 Å². The second kappa shape index (κ2) is 9.21. The zero-order valence-electron chi connectivity index (χ0n) is 18.9. The summed E-state index contributed by atoms with van der Waals surface area (Å²) < 4.78 is 5.00. The minimum absolute atomic E-state index is 0.0627. The Morgan fingerprint density at radius 3 is 2.30 bits per heavy atom. The number of carbonyl (C=O) groups is 1. The zero-order valence-corrected chi connectivity index (χ0v) is 20.4. The van der Waals surface area contributed by atoms with E-state index < -0.39 is 0 Å². The fourth-order valence-electron chi connectivity index (χ4n) is 4.47. The lowest BCUT2D eigenvalue weighted by molar-refractivity contribution is 0.0854. The molecule has 0 atom stereocenters. The van der Waals surface area contributed by atoms with E-state index in [1.165, 1.54) is 5.69 Å². The van der Waals surface area contributed by atoms with Gasteiger partial charge in [0.15, 0.2) is 0 Å². The van der Waals surface area contributed by atoms with Gasteiger partial charge in [-0.25, -0.2) is 0 Å². The van der Waals surface area contributed by atoms with Gasteiger partial charge in [-0.15, -0.1) is 0 Å². The highest BCUT2D eigenvalue weighted by Crippen LogP contribution is 2.29. The first-order chi connectivity index (χ1) is 16.0. The monoisotopic (exact) mass is 478 g/mol. The number of hydrogen-bond donors (Lipinski definition) is 0. The average molecular weight is 479 g/mol. The first kappa shape index (κ1) is 22.0. The fraction of sp³-hybridized carbons (Fsp3) is 0.269. The number of halogens is 1. The van der Waals surface area contributed by atoms with E-state index >= 15 is 0 Å². The molecule has 0 aliphatic carbocycles. The maximum Gasteiger partial charge on any atom is 0.245 e. The number of aromatic nitrogens is 2. The van der Waals surface area contributed by atoms with Crippen LogP contribution in [0.3, 0.4) is 0 Å². The van der Waals surface area contributed by atoms with Crippen molar-refractivity contribution >= 4 is 56.0 Å². The van der Waals surface area contributed by atoms with Crippen LogP contribution in [0.5, 0.6) is 0 Å². The van der Waals surface area contributed by atoms with Gasteiger partial charge >= 0.3 is 0 Å². The van der Waals surface area contributed by atoms with E-state index in [0.717, 1.165) is 53.0 Å².